The Labute approximate surface area is 70.2 Å². The molecule has 1 aromatic carbocycles. The van der Waals surface area contributed by atoms with E-state index in [0.717, 1.165) is 5.56 Å². The highest BCUT2D eigenvalue weighted by atomic mass is 35.5. The molecular weight excluding hydrogens is 162 g/mol. The normalized spacial score (nSPS) is 9.27. The van der Waals surface area contributed by atoms with Crippen LogP contribution in [-0.2, 0) is 4.79 Å². The number of amides is 1. The number of aryl methyl sites for hydroxylation is 1. The van der Waals surface area contributed by atoms with Gasteiger partial charge < -0.3 is 5.32 Å². The number of carbonyl (C=O) groups excluding carboxylic acids is 1. The van der Waals surface area contributed by atoms with Crippen LogP contribution in [0.15, 0.2) is 18.2 Å². The molecule has 0 aliphatic heterocycles. The Morgan fingerprint density at radius 1 is 1.55 bits per heavy atom. The first-order valence-corrected chi connectivity index (χ1v) is 3.59. The van der Waals surface area contributed by atoms with E-state index in [9.17, 15) is 4.79 Å². The molecule has 0 radical (unpaired) electrons. The lowest BCUT2D eigenvalue weighted by atomic mass is 10.2. The van der Waals surface area contributed by atoms with Crippen LogP contribution in [-0.4, -0.2) is 6.41 Å². The van der Waals surface area contributed by atoms with Crippen molar-refractivity contribution in [2.45, 2.75) is 6.92 Å². The van der Waals surface area contributed by atoms with E-state index in [2.05, 4.69) is 5.32 Å². The lowest BCUT2D eigenvalue weighted by Crippen LogP contribution is -1.94. The lowest BCUT2D eigenvalue weighted by Gasteiger charge is -2.03. The largest absolute Gasteiger partial charge is 0.327 e. The van der Waals surface area contributed by atoms with E-state index < -0.39 is 0 Å². The summed E-state index contributed by atoms with van der Waals surface area (Å²) in [4.78, 5) is 10.1. The summed E-state index contributed by atoms with van der Waals surface area (Å²) in [7, 11) is 0. The minimum atomic E-state index is 0.597. The fourth-order valence-corrected chi connectivity index (χ4v) is 1.00. The summed E-state index contributed by atoms with van der Waals surface area (Å²) in [5.74, 6) is 0. The van der Waals surface area contributed by atoms with E-state index in [4.69, 9.17) is 11.6 Å². The summed E-state index contributed by atoms with van der Waals surface area (Å²) in [5.41, 5.74) is 1.61. The lowest BCUT2D eigenvalue weighted by molar-refractivity contribution is -0.105. The molecule has 3 heteroatoms. The van der Waals surface area contributed by atoms with Crippen molar-refractivity contribution in [3.63, 3.8) is 0 Å². The highest BCUT2D eigenvalue weighted by Gasteiger charge is 1.99. The number of hydrogen-bond donors (Lipinski definition) is 1. The van der Waals surface area contributed by atoms with Crippen molar-refractivity contribution in [2.75, 3.05) is 5.32 Å². The average Bonchev–Trinajstić information content (AvgIpc) is 1.99. The molecule has 0 bridgehead atoms. The number of rotatable bonds is 2. The van der Waals surface area contributed by atoms with Gasteiger partial charge in [-0.1, -0.05) is 23.7 Å². The van der Waals surface area contributed by atoms with E-state index in [1.807, 2.05) is 19.1 Å². The SMILES string of the molecule is Cc1cccc(NC=O)c1Cl. The molecule has 0 fully saturated rings. The first-order valence-electron chi connectivity index (χ1n) is 3.21. The van der Waals surface area contributed by atoms with Gasteiger partial charge in [-0.15, -0.1) is 0 Å². The molecule has 0 unspecified atom stereocenters. The van der Waals surface area contributed by atoms with Gasteiger partial charge in [0.25, 0.3) is 0 Å². The summed E-state index contributed by atoms with van der Waals surface area (Å²) in [5, 5.41) is 3.10. The molecule has 0 atom stereocenters. The molecule has 11 heavy (non-hydrogen) atoms. The van der Waals surface area contributed by atoms with Crippen LogP contribution in [0.5, 0.6) is 0 Å². The van der Waals surface area contributed by atoms with Crippen LogP contribution < -0.4 is 5.32 Å². The maximum atomic E-state index is 10.1. The summed E-state index contributed by atoms with van der Waals surface area (Å²) in [6.45, 7) is 1.89. The standard InChI is InChI=1S/C8H8ClNO/c1-6-3-2-4-7(8(6)9)10-5-11/h2-5H,1H3,(H,10,11). The second kappa shape index (κ2) is 3.39. The molecule has 0 aliphatic carbocycles. The zero-order chi connectivity index (χ0) is 8.27. The van der Waals surface area contributed by atoms with Crippen LogP contribution in [0.25, 0.3) is 0 Å². The van der Waals surface area contributed by atoms with Crippen LogP contribution in [0, 0.1) is 6.92 Å². The van der Waals surface area contributed by atoms with Crippen LogP contribution in [0.4, 0.5) is 5.69 Å². The fraction of sp³-hybridized carbons (Fsp3) is 0.125. The molecule has 0 aromatic heterocycles. The van der Waals surface area contributed by atoms with E-state index in [1.54, 1.807) is 6.07 Å². The molecule has 1 amide bonds. The summed E-state index contributed by atoms with van der Waals surface area (Å²) >= 11 is 5.85. The maximum absolute atomic E-state index is 10.1. The Kier molecular flexibility index (Phi) is 2.49. The zero-order valence-corrected chi connectivity index (χ0v) is 6.85. The molecule has 0 heterocycles. The number of anilines is 1. The van der Waals surface area contributed by atoms with Gasteiger partial charge in [0.2, 0.25) is 6.41 Å². The number of carbonyl (C=O) groups is 1. The van der Waals surface area contributed by atoms with Crippen molar-refractivity contribution < 1.29 is 4.79 Å². The minimum absolute atomic E-state index is 0.597. The molecule has 0 saturated carbocycles. The Bertz CT molecular complexity index is 273. The van der Waals surface area contributed by atoms with Gasteiger partial charge >= 0.3 is 0 Å². The molecule has 1 N–H and O–H groups in total. The molecule has 1 rings (SSSR count). The van der Waals surface area contributed by atoms with Gasteiger partial charge in [0.05, 0.1) is 10.7 Å². The van der Waals surface area contributed by atoms with Crippen LogP contribution in [0.1, 0.15) is 5.56 Å². The van der Waals surface area contributed by atoms with Gasteiger partial charge in [0.1, 0.15) is 0 Å². The van der Waals surface area contributed by atoms with Crippen LogP contribution in [0.3, 0.4) is 0 Å². The number of hydrogen-bond acceptors (Lipinski definition) is 1. The van der Waals surface area contributed by atoms with Crippen LogP contribution in [0.2, 0.25) is 5.02 Å². The maximum Gasteiger partial charge on any atom is 0.211 e. The summed E-state index contributed by atoms with van der Waals surface area (Å²) in [6, 6.07) is 5.48. The van der Waals surface area contributed by atoms with Gasteiger partial charge in [-0.25, -0.2) is 0 Å². The van der Waals surface area contributed by atoms with E-state index in [0.29, 0.717) is 17.1 Å². The van der Waals surface area contributed by atoms with Crippen molar-refractivity contribution in [3.05, 3.63) is 28.8 Å². The molecule has 58 valence electrons. The number of halogens is 1. The van der Waals surface area contributed by atoms with Gasteiger partial charge in [0, 0.05) is 0 Å². The quantitative estimate of drug-likeness (QED) is 0.676. The molecule has 0 spiro atoms. The van der Waals surface area contributed by atoms with E-state index >= 15 is 0 Å². The fourth-order valence-electron chi connectivity index (χ4n) is 0.822. The van der Waals surface area contributed by atoms with E-state index in [-0.39, 0.29) is 0 Å². The molecule has 1 aromatic rings. The first kappa shape index (κ1) is 8.08. The predicted molar refractivity (Wildman–Crippen MR) is 45.9 cm³/mol. The monoisotopic (exact) mass is 169 g/mol. The predicted octanol–water partition coefficient (Wildman–Crippen LogP) is 2.22. The summed E-state index contributed by atoms with van der Waals surface area (Å²) in [6.07, 6.45) is 0.612. The second-order valence-corrected chi connectivity index (χ2v) is 2.58. The van der Waals surface area contributed by atoms with Crippen molar-refractivity contribution >= 4 is 23.7 Å². The molecular formula is C8H8ClNO. The molecule has 0 aliphatic rings. The second-order valence-electron chi connectivity index (χ2n) is 2.20. The third-order valence-electron chi connectivity index (χ3n) is 1.41. The van der Waals surface area contributed by atoms with Crippen molar-refractivity contribution in [1.29, 1.82) is 0 Å². The third kappa shape index (κ3) is 1.71. The van der Waals surface area contributed by atoms with Gasteiger partial charge in [0.15, 0.2) is 0 Å². The van der Waals surface area contributed by atoms with Crippen molar-refractivity contribution in [2.24, 2.45) is 0 Å². The summed E-state index contributed by atoms with van der Waals surface area (Å²) < 4.78 is 0. The minimum Gasteiger partial charge on any atom is -0.327 e. The Morgan fingerprint density at radius 2 is 2.27 bits per heavy atom. The average molecular weight is 170 g/mol. The number of benzene rings is 1. The smallest absolute Gasteiger partial charge is 0.211 e. The zero-order valence-electron chi connectivity index (χ0n) is 6.10. The van der Waals surface area contributed by atoms with Gasteiger partial charge in [-0.2, -0.15) is 0 Å². The Hall–Kier alpha value is -1.02. The van der Waals surface area contributed by atoms with Crippen LogP contribution >= 0.6 is 11.6 Å². The highest BCUT2D eigenvalue weighted by molar-refractivity contribution is 6.34. The Balaban J connectivity index is 3.05. The van der Waals surface area contributed by atoms with Gasteiger partial charge in [-0.3, -0.25) is 4.79 Å². The third-order valence-corrected chi connectivity index (χ3v) is 1.91. The topological polar surface area (TPSA) is 29.1 Å². The van der Waals surface area contributed by atoms with E-state index in [1.165, 1.54) is 0 Å². The van der Waals surface area contributed by atoms with Crippen molar-refractivity contribution in [3.8, 4) is 0 Å². The van der Waals surface area contributed by atoms with Crippen molar-refractivity contribution in [1.82, 2.24) is 0 Å². The van der Waals surface area contributed by atoms with Gasteiger partial charge in [-0.05, 0) is 18.6 Å². The molecule has 0 saturated heterocycles. The first-order chi connectivity index (χ1) is 5.25. The Morgan fingerprint density at radius 3 is 2.91 bits per heavy atom. The number of nitrogens with one attached hydrogen (secondary N) is 1. The molecule has 2 nitrogen and oxygen atoms in total. The highest BCUT2D eigenvalue weighted by Crippen LogP contribution is 2.24.